The molecule has 1 atom stereocenters. The lowest BCUT2D eigenvalue weighted by atomic mass is 10.2. The zero-order valence-electron chi connectivity index (χ0n) is 14.6. The molecule has 1 fully saturated rings. The Labute approximate surface area is 174 Å². The van der Waals surface area contributed by atoms with Crippen molar-refractivity contribution in [3.63, 3.8) is 0 Å². The van der Waals surface area contributed by atoms with E-state index in [0.29, 0.717) is 11.3 Å². The molecule has 0 bridgehead atoms. The Kier molecular flexibility index (Phi) is 5.75. The fraction of sp³-hybridized carbons (Fsp3) is 0.125. The van der Waals surface area contributed by atoms with Crippen molar-refractivity contribution >= 4 is 61.4 Å². The lowest BCUT2D eigenvalue weighted by Gasteiger charge is -2.14. The van der Waals surface area contributed by atoms with E-state index in [0.717, 1.165) is 11.8 Å². The molecule has 150 valence electrons. The molecular weight excluding hydrogens is 440 g/mol. The summed E-state index contributed by atoms with van der Waals surface area (Å²) in [7, 11) is -4.53. The number of amides is 1. The standard InChI is InChI=1S/C16H12N4O6S3/c1-9-2-7-12(13(8-9)29(24,25)26)17-18-14-15(21)19(16(27)28-14)10-3-5-11(6-4-10)20(22)23/h2-8,14H,1H3,(H,24,25,26). The van der Waals surface area contributed by atoms with Gasteiger partial charge in [-0.3, -0.25) is 24.4 Å². The summed E-state index contributed by atoms with van der Waals surface area (Å²) in [6, 6.07) is 9.45. The molecule has 0 aliphatic carbocycles. The number of nitrogens with zero attached hydrogens (tertiary/aromatic N) is 4. The van der Waals surface area contributed by atoms with Crippen LogP contribution in [0, 0.1) is 17.0 Å². The molecule has 0 saturated carbocycles. The maximum Gasteiger partial charge on any atom is 0.296 e. The maximum atomic E-state index is 12.7. The van der Waals surface area contributed by atoms with Crippen molar-refractivity contribution in [3.8, 4) is 0 Å². The highest BCUT2D eigenvalue weighted by atomic mass is 32.2. The van der Waals surface area contributed by atoms with E-state index >= 15 is 0 Å². The fourth-order valence-corrected chi connectivity index (χ4v) is 4.42. The van der Waals surface area contributed by atoms with Crippen molar-refractivity contribution in [2.75, 3.05) is 4.90 Å². The molecule has 1 unspecified atom stereocenters. The lowest BCUT2D eigenvalue weighted by molar-refractivity contribution is -0.384. The Hall–Kier alpha value is -2.74. The zero-order valence-corrected chi connectivity index (χ0v) is 17.1. The number of aryl methyl sites for hydroxylation is 1. The number of carbonyl (C=O) groups is 1. The first-order valence-electron chi connectivity index (χ1n) is 7.86. The number of rotatable bonds is 5. The number of anilines is 1. The molecular formula is C16H12N4O6S3. The Balaban J connectivity index is 1.86. The van der Waals surface area contributed by atoms with E-state index in [1.165, 1.54) is 41.3 Å². The van der Waals surface area contributed by atoms with Gasteiger partial charge in [-0.25, -0.2) is 0 Å². The number of thioether (sulfide) groups is 1. The van der Waals surface area contributed by atoms with Gasteiger partial charge in [0.05, 0.1) is 10.6 Å². The third-order valence-corrected chi connectivity index (χ3v) is 6.07. The van der Waals surface area contributed by atoms with Gasteiger partial charge in [0, 0.05) is 12.1 Å². The van der Waals surface area contributed by atoms with Crippen LogP contribution in [0.25, 0.3) is 0 Å². The predicted molar refractivity (Wildman–Crippen MR) is 110 cm³/mol. The van der Waals surface area contributed by atoms with Gasteiger partial charge in [-0.15, -0.1) is 0 Å². The number of thiocarbonyl (C=S) groups is 1. The summed E-state index contributed by atoms with van der Waals surface area (Å²) in [6.45, 7) is 1.65. The van der Waals surface area contributed by atoms with E-state index in [2.05, 4.69) is 10.2 Å². The van der Waals surface area contributed by atoms with Gasteiger partial charge < -0.3 is 0 Å². The molecule has 3 rings (SSSR count). The number of hydrogen-bond donors (Lipinski definition) is 1. The summed E-state index contributed by atoms with van der Waals surface area (Å²) in [4.78, 5) is 23.6. The maximum absolute atomic E-state index is 12.7. The van der Waals surface area contributed by atoms with Gasteiger partial charge in [0.25, 0.3) is 21.7 Å². The van der Waals surface area contributed by atoms with Gasteiger partial charge in [-0.05, 0) is 36.8 Å². The molecule has 1 heterocycles. The average molecular weight is 452 g/mol. The predicted octanol–water partition coefficient (Wildman–Crippen LogP) is 3.62. The second-order valence-electron chi connectivity index (χ2n) is 5.84. The summed E-state index contributed by atoms with van der Waals surface area (Å²) in [5.41, 5.74) is 0.678. The third kappa shape index (κ3) is 4.48. The van der Waals surface area contributed by atoms with E-state index in [9.17, 15) is 27.9 Å². The quantitative estimate of drug-likeness (QED) is 0.238. The smallest absolute Gasteiger partial charge is 0.282 e. The van der Waals surface area contributed by atoms with Crippen LogP contribution >= 0.6 is 24.0 Å². The Morgan fingerprint density at radius 2 is 1.90 bits per heavy atom. The van der Waals surface area contributed by atoms with Crippen molar-refractivity contribution in [1.29, 1.82) is 0 Å². The van der Waals surface area contributed by atoms with Crippen LogP contribution in [0.1, 0.15) is 5.56 Å². The van der Waals surface area contributed by atoms with Gasteiger partial charge >= 0.3 is 0 Å². The fourth-order valence-electron chi connectivity index (χ4n) is 2.45. The van der Waals surface area contributed by atoms with Crippen LogP contribution in [-0.2, 0) is 14.9 Å². The molecule has 1 aliphatic rings. The Morgan fingerprint density at radius 1 is 1.24 bits per heavy atom. The highest BCUT2D eigenvalue weighted by molar-refractivity contribution is 8.25. The molecule has 10 nitrogen and oxygen atoms in total. The van der Waals surface area contributed by atoms with E-state index in [1.807, 2.05) is 0 Å². The van der Waals surface area contributed by atoms with Crippen LogP contribution in [-0.4, -0.2) is 33.5 Å². The van der Waals surface area contributed by atoms with Crippen LogP contribution in [0.15, 0.2) is 57.6 Å². The molecule has 1 saturated heterocycles. The summed E-state index contributed by atoms with van der Waals surface area (Å²) in [6.07, 6.45) is 0. The summed E-state index contributed by atoms with van der Waals surface area (Å²) < 4.78 is 32.6. The number of nitro groups is 1. The van der Waals surface area contributed by atoms with Crippen LogP contribution in [0.5, 0.6) is 0 Å². The minimum absolute atomic E-state index is 0.119. The highest BCUT2D eigenvalue weighted by Crippen LogP contribution is 2.35. The highest BCUT2D eigenvalue weighted by Gasteiger charge is 2.38. The molecule has 1 N–H and O–H groups in total. The minimum Gasteiger partial charge on any atom is -0.282 e. The number of non-ortho nitro benzene ring substituents is 1. The van der Waals surface area contributed by atoms with Gasteiger partial charge in [0.2, 0.25) is 5.37 Å². The van der Waals surface area contributed by atoms with E-state index in [-0.39, 0.29) is 15.7 Å². The van der Waals surface area contributed by atoms with Crippen LogP contribution in [0.2, 0.25) is 0 Å². The van der Waals surface area contributed by atoms with Gasteiger partial charge in [-0.1, -0.05) is 30.0 Å². The zero-order chi connectivity index (χ0) is 21.3. The van der Waals surface area contributed by atoms with Gasteiger partial charge in [0.15, 0.2) is 0 Å². The topological polar surface area (TPSA) is 143 Å². The van der Waals surface area contributed by atoms with Crippen molar-refractivity contribution < 1.29 is 22.7 Å². The van der Waals surface area contributed by atoms with Gasteiger partial charge in [0.1, 0.15) is 14.9 Å². The molecule has 29 heavy (non-hydrogen) atoms. The van der Waals surface area contributed by atoms with Crippen molar-refractivity contribution in [3.05, 3.63) is 58.1 Å². The van der Waals surface area contributed by atoms with Crippen LogP contribution in [0.3, 0.4) is 0 Å². The van der Waals surface area contributed by atoms with Crippen LogP contribution in [0.4, 0.5) is 17.1 Å². The monoisotopic (exact) mass is 452 g/mol. The van der Waals surface area contributed by atoms with Gasteiger partial charge in [-0.2, -0.15) is 18.6 Å². The minimum atomic E-state index is -4.53. The van der Waals surface area contributed by atoms with Crippen molar-refractivity contribution in [1.82, 2.24) is 0 Å². The van der Waals surface area contributed by atoms with Crippen LogP contribution < -0.4 is 4.90 Å². The second kappa shape index (κ2) is 7.94. The molecule has 13 heteroatoms. The number of carbonyl (C=O) groups excluding carboxylic acids is 1. The number of nitro benzene ring substituents is 1. The van der Waals surface area contributed by atoms with E-state index < -0.39 is 31.2 Å². The molecule has 2 aromatic carbocycles. The Morgan fingerprint density at radius 3 is 2.48 bits per heavy atom. The molecule has 0 aromatic heterocycles. The molecule has 0 spiro atoms. The SMILES string of the molecule is Cc1ccc(N=NC2SC(=S)N(c3ccc([N+](=O)[O-])cc3)C2=O)c(S(=O)(=O)O)c1. The van der Waals surface area contributed by atoms with E-state index in [1.54, 1.807) is 13.0 Å². The van der Waals surface area contributed by atoms with Crippen molar-refractivity contribution in [2.45, 2.75) is 17.2 Å². The summed E-state index contributed by atoms with van der Waals surface area (Å²) in [5.74, 6) is -0.530. The largest absolute Gasteiger partial charge is 0.296 e. The number of benzene rings is 2. The Bertz CT molecular complexity index is 1150. The summed E-state index contributed by atoms with van der Waals surface area (Å²) >= 11 is 6.12. The molecule has 1 amide bonds. The number of hydrogen-bond acceptors (Lipinski definition) is 9. The molecule has 0 radical (unpaired) electrons. The lowest BCUT2D eigenvalue weighted by Crippen LogP contribution is -2.30. The first kappa shape index (κ1) is 21.0. The third-order valence-electron chi connectivity index (χ3n) is 3.81. The molecule has 1 aliphatic heterocycles. The number of azo groups is 1. The molecule has 2 aromatic rings. The van der Waals surface area contributed by atoms with E-state index in [4.69, 9.17) is 12.2 Å². The first-order valence-corrected chi connectivity index (χ1v) is 10.6. The second-order valence-corrected chi connectivity index (χ2v) is 8.95. The normalized spacial score (nSPS) is 17.3. The van der Waals surface area contributed by atoms with Crippen molar-refractivity contribution in [2.24, 2.45) is 10.2 Å². The first-order chi connectivity index (χ1) is 13.6. The average Bonchev–Trinajstić information content (AvgIpc) is 2.93. The summed E-state index contributed by atoms with van der Waals surface area (Å²) in [5, 5.41) is 17.4.